The number of nitrogens with one attached hydrogen (secondary N) is 1. The van der Waals surface area contributed by atoms with Crippen LogP contribution in [0, 0.1) is 34.8 Å². The second-order valence-corrected chi connectivity index (χ2v) is 16.5. The maximum atomic E-state index is 17.5. The molecule has 2 saturated carbocycles. The molecule has 11 heteroatoms. The van der Waals surface area contributed by atoms with Crippen molar-refractivity contribution in [1.82, 2.24) is 20.2 Å². The number of rotatable bonds is 8. The normalized spacial score (nSPS) is 26.0. The van der Waals surface area contributed by atoms with Crippen LogP contribution in [-0.4, -0.2) is 77.3 Å². The van der Waals surface area contributed by atoms with Crippen molar-refractivity contribution < 1.29 is 27.4 Å². The van der Waals surface area contributed by atoms with Gasteiger partial charge in [-0.25, -0.2) is 17.6 Å². The van der Waals surface area contributed by atoms with Gasteiger partial charge < -0.3 is 25.0 Å². The summed E-state index contributed by atoms with van der Waals surface area (Å²) in [6, 6.07) is 8.27. The van der Waals surface area contributed by atoms with E-state index in [9.17, 15) is 13.9 Å². The number of fused-ring (bicyclic) bond motifs is 4. The number of hydrogen-bond acceptors (Lipinski definition) is 7. The molecule has 272 valence electrons. The van der Waals surface area contributed by atoms with E-state index in [0.29, 0.717) is 78.8 Å². The summed E-state index contributed by atoms with van der Waals surface area (Å²) in [5.74, 6) is -1.03. The smallest absolute Gasteiger partial charge is 0.319 e. The zero-order valence-corrected chi connectivity index (χ0v) is 29.5. The maximum Gasteiger partial charge on any atom is 0.319 e. The third-order valence-corrected chi connectivity index (χ3v) is 12.4. The number of hydrogen-bond donors (Lipinski definition) is 2. The average Bonchev–Trinajstić information content (AvgIpc) is 3.94. The van der Waals surface area contributed by atoms with Crippen molar-refractivity contribution in [2.75, 3.05) is 44.2 Å². The molecule has 5 fully saturated rings. The molecule has 3 aliphatic heterocycles. The molecule has 4 heterocycles. The Morgan fingerprint density at radius 2 is 1.83 bits per heavy atom. The van der Waals surface area contributed by atoms with Crippen molar-refractivity contribution in [2.24, 2.45) is 10.8 Å². The summed E-state index contributed by atoms with van der Waals surface area (Å²) in [6.07, 6.45) is 11.0. The van der Waals surface area contributed by atoms with Crippen LogP contribution in [0.25, 0.3) is 32.8 Å². The summed E-state index contributed by atoms with van der Waals surface area (Å²) in [6.45, 7) is 7.50. The number of likely N-dealkylation sites (tertiary alicyclic amines) is 1. The van der Waals surface area contributed by atoms with E-state index < -0.39 is 23.0 Å². The van der Waals surface area contributed by atoms with Crippen molar-refractivity contribution in [3.63, 3.8) is 0 Å². The van der Waals surface area contributed by atoms with Gasteiger partial charge in [-0.1, -0.05) is 25.8 Å². The fourth-order valence-electron chi connectivity index (χ4n) is 9.38. The fourth-order valence-corrected chi connectivity index (χ4v) is 9.38. The Bertz CT molecular complexity index is 2150. The number of benzene rings is 3. The molecule has 7 nitrogen and oxygen atoms in total. The summed E-state index contributed by atoms with van der Waals surface area (Å²) < 4.78 is 67.6. The number of ether oxygens (including phenoxy) is 1. The molecule has 3 atom stereocenters. The molecule has 2 aliphatic carbocycles. The number of alkyl halides is 2. The highest BCUT2D eigenvalue weighted by molar-refractivity contribution is 6.05. The second-order valence-electron chi connectivity index (χ2n) is 16.5. The highest BCUT2D eigenvalue weighted by atomic mass is 19.3. The monoisotopic (exact) mass is 713 g/mol. The Hall–Kier alpha value is -4.14. The zero-order chi connectivity index (χ0) is 36.2. The Kier molecular flexibility index (Phi) is 7.73. The minimum atomic E-state index is -2.57. The Morgan fingerprint density at radius 1 is 1.08 bits per heavy atom. The maximum absolute atomic E-state index is 17.5. The van der Waals surface area contributed by atoms with Crippen molar-refractivity contribution >= 4 is 27.5 Å². The number of phenolic OH excluding ortho intramolecular Hbond substituents is 1. The van der Waals surface area contributed by atoms with Gasteiger partial charge >= 0.3 is 6.01 Å². The topological polar surface area (TPSA) is 73.8 Å². The van der Waals surface area contributed by atoms with E-state index in [1.807, 2.05) is 19.9 Å². The summed E-state index contributed by atoms with van der Waals surface area (Å²) in [4.78, 5) is 14.1. The van der Waals surface area contributed by atoms with Crippen LogP contribution in [0.1, 0.15) is 75.8 Å². The Morgan fingerprint density at radius 3 is 2.50 bits per heavy atom. The van der Waals surface area contributed by atoms with Gasteiger partial charge in [0.1, 0.15) is 22.9 Å². The van der Waals surface area contributed by atoms with Gasteiger partial charge in [0.2, 0.25) is 0 Å². The van der Waals surface area contributed by atoms with E-state index in [1.165, 1.54) is 24.3 Å². The number of nitrogens with zero attached hydrogens (tertiary/aromatic N) is 4. The molecule has 1 spiro atoms. The lowest BCUT2D eigenvalue weighted by atomic mass is 9.86. The van der Waals surface area contributed by atoms with Crippen LogP contribution in [0.4, 0.5) is 23.4 Å². The van der Waals surface area contributed by atoms with Crippen LogP contribution >= 0.6 is 0 Å². The molecule has 4 aromatic rings. The molecule has 1 aromatic heterocycles. The molecule has 52 heavy (non-hydrogen) atoms. The van der Waals surface area contributed by atoms with Gasteiger partial charge in [-0.2, -0.15) is 9.97 Å². The van der Waals surface area contributed by atoms with Crippen LogP contribution in [0.2, 0.25) is 0 Å². The highest BCUT2D eigenvalue weighted by Gasteiger charge is 2.71. The summed E-state index contributed by atoms with van der Waals surface area (Å²) in [5, 5.41) is 15.8. The van der Waals surface area contributed by atoms with Crippen molar-refractivity contribution in [2.45, 2.75) is 82.7 Å². The standard InChI is InChI=1S/C41H43F4N5O2/c1-4-28-32(42)9-6-24-14-27(51)15-30(33(24)28)34-29(23(2)3)16-31-36(35(34)43)47-38(48-37(31)50-17-25-7-8-26(18-50)46-25)52-22-39(11-12-39)20-49-13-5-10-40(21-49)19-41(40,44)45/h1,6,9,14-16,23,25-26,46,51H,5,7-8,10-13,17-22H2,2-3H3. The first-order valence-corrected chi connectivity index (χ1v) is 18.6. The third kappa shape index (κ3) is 5.56. The van der Waals surface area contributed by atoms with Gasteiger partial charge in [0.25, 0.3) is 5.92 Å². The number of piperidine rings is 1. The van der Waals surface area contributed by atoms with Gasteiger partial charge in [0.05, 0.1) is 17.6 Å². The highest BCUT2D eigenvalue weighted by Crippen LogP contribution is 2.65. The number of halogens is 4. The van der Waals surface area contributed by atoms with Crippen molar-refractivity contribution in [3.8, 4) is 35.2 Å². The molecule has 2 N–H and O–H groups in total. The van der Waals surface area contributed by atoms with Crippen molar-refractivity contribution in [1.29, 1.82) is 0 Å². The largest absolute Gasteiger partial charge is 0.508 e. The van der Waals surface area contributed by atoms with Crippen LogP contribution in [0.5, 0.6) is 11.8 Å². The lowest BCUT2D eigenvalue weighted by molar-refractivity contribution is 0.0167. The molecule has 3 unspecified atom stereocenters. The van der Waals surface area contributed by atoms with E-state index in [1.54, 1.807) is 0 Å². The fraction of sp³-hybridized carbons (Fsp3) is 0.512. The van der Waals surface area contributed by atoms with Gasteiger partial charge in [-0.3, -0.25) is 0 Å². The molecule has 5 aliphatic rings. The molecule has 3 saturated heterocycles. The van der Waals surface area contributed by atoms with Gasteiger partial charge in [0, 0.05) is 66.4 Å². The van der Waals surface area contributed by atoms with Crippen LogP contribution in [0.15, 0.2) is 30.3 Å². The number of terminal acetylenes is 1. The Labute approximate surface area is 300 Å². The lowest BCUT2D eigenvalue weighted by Gasteiger charge is -2.35. The number of aromatic hydroxyl groups is 1. The van der Waals surface area contributed by atoms with Crippen LogP contribution in [-0.2, 0) is 0 Å². The third-order valence-electron chi connectivity index (χ3n) is 12.4. The minimum absolute atomic E-state index is 0.00911. The summed E-state index contributed by atoms with van der Waals surface area (Å²) in [5.41, 5.74) is 0.111. The van der Waals surface area contributed by atoms with Gasteiger partial charge in [-0.05, 0) is 91.8 Å². The van der Waals surface area contributed by atoms with E-state index in [4.69, 9.17) is 21.1 Å². The average molecular weight is 714 g/mol. The van der Waals surface area contributed by atoms with E-state index in [2.05, 4.69) is 21.0 Å². The van der Waals surface area contributed by atoms with Crippen molar-refractivity contribution in [3.05, 3.63) is 53.1 Å². The van der Waals surface area contributed by atoms with Crippen LogP contribution in [0.3, 0.4) is 0 Å². The second kappa shape index (κ2) is 11.9. The molecular weight excluding hydrogens is 670 g/mol. The molecule has 0 radical (unpaired) electrons. The van der Waals surface area contributed by atoms with Crippen LogP contribution < -0.4 is 15.0 Å². The molecule has 0 amide bonds. The predicted octanol–water partition coefficient (Wildman–Crippen LogP) is 7.76. The molecule has 9 rings (SSSR count). The predicted molar refractivity (Wildman–Crippen MR) is 193 cm³/mol. The molecular formula is C41H43F4N5O2. The van der Waals surface area contributed by atoms with E-state index >= 15 is 8.78 Å². The zero-order valence-electron chi connectivity index (χ0n) is 29.5. The first kappa shape index (κ1) is 33.7. The van der Waals surface area contributed by atoms with E-state index in [0.717, 1.165) is 38.6 Å². The first-order valence-electron chi connectivity index (χ1n) is 18.6. The summed E-state index contributed by atoms with van der Waals surface area (Å²) in [7, 11) is 0. The number of phenols is 1. The minimum Gasteiger partial charge on any atom is -0.508 e. The van der Waals surface area contributed by atoms with E-state index in [-0.39, 0.29) is 51.7 Å². The summed E-state index contributed by atoms with van der Waals surface area (Å²) >= 11 is 0. The lowest BCUT2D eigenvalue weighted by Crippen LogP contribution is -2.51. The first-order chi connectivity index (χ1) is 24.9. The molecule has 2 bridgehead atoms. The SMILES string of the molecule is C#Cc1c(F)ccc2cc(O)cc(-c3c(C(C)C)cc4c(N5CC6CCC(C5)N6)nc(OCC5(CN6CCCC7(C6)CC7(F)F)CC5)nc4c3F)c12. The van der Waals surface area contributed by atoms with Gasteiger partial charge in [0.15, 0.2) is 5.82 Å². The van der Waals surface area contributed by atoms with Gasteiger partial charge in [-0.15, -0.1) is 6.42 Å². The quantitative estimate of drug-likeness (QED) is 0.143. The Balaban J connectivity index is 1.14. The number of anilines is 1. The number of piperazine rings is 1. The molecule has 3 aromatic carbocycles. The number of aromatic nitrogens is 2.